The maximum Gasteiger partial charge on any atom is 0.226 e. The maximum atomic E-state index is 12.6. The second-order valence-electron chi connectivity index (χ2n) is 6.48. The van der Waals surface area contributed by atoms with Crippen molar-refractivity contribution in [3.63, 3.8) is 0 Å². The van der Waals surface area contributed by atoms with E-state index in [1.807, 2.05) is 30.3 Å². The molecular formula is C19H26N2O4. The summed E-state index contributed by atoms with van der Waals surface area (Å²) in [6.45, 7) is 3.51. The molecule has 1 N–H and O–H groups in total. The van der Waals surface area contributed by atoms with E-state index in [0.717, 1.165) is 18.4 Å². The number of rotatable bonds is 5. The molecule has 0 aromatic heterocycles. The van der Waals surface area contributed by atoms with Gasteiger partial charge in [0, 0.05) is 32.7 Å². The Bertz CT molecular complexity index is 572. The maximum absolute atomic E-state index is 12.6. The molecule has 2 atom stereocenters. The van der Waals surface area contributed by atoms with Crippen LogP contribution in [0.4, 0.5) is 0 Å². The largest absolute Gasteiger partial charge is 0.378 e. The van der Waals surface area contributed by atoms with E-state index in [9.17, 15) is 9.59 Å². The van der Waals surface area contributed by atoms with Gasteiger partial charge in [-0.3, -0.25) is 9.59 Å². The minimum atomic E-state index is -0.204. The van der Waals surface area contributed by atoms with E-state index in [1.54, 1.807) is 4.90 Å². The molecule has 1 aromatic rings. The molecule has 2 unspecified atom stereocenters. The summed E-state index contributed by atoms with van der Waals surface area (Å²) in [5.41, 5.74) is 1.03. The summed E-state index contributed by atoms with van der Waals surface area (Å²) in [5.74, 6) is -0.152. The average molecular weight is 346 g/mol. The monoisotopic (exact) mass is 346 g/mol. The van der Waals surface area contributed by atoms with Crippen molar-refractivity contribution in [3.05, 3.63) is 35.9 Å². The van der Waals surface area contributed by atoms with Gasteiger partial charge in [-0.1, -0.05) is 30.3 Å². The van der Waals surface area contributed by atoms with Gasteiger partial charge in [0.05, 0.1) is 25.2 Å². The van der Waals surface area contributed by atoms with Gasteiger partial charge in [-0.25, -0.2) is 0 Å². The predicted molar refractivity (Wildman–Crippen MR) is 92.9 cm³/mol. The van der Waals surface area contributed by atoms with Crippen LogP contribution in [-0.4, -0.2) is 56.2 Å². The minimum absolute atomic E-state index is 0.0247. The number of morpholine rings is 1. The highest BCUT2D eigenvalue weighted by Gasteiger charge is 2.32. The first-order valence-electron chi connectivity index (χ1n) is 9.05. The van der Waals surface area contributed by atoms with Crippen LogP contribution in [0.1, 0.15) is 30.9 Å². The highest BCUT2D eigenvalue weighted by Crippen LogP contribution is 2.33. The second kappa shape index (κ2) is 8.97. The molecule has 2 heterocycles. The fourth-order valence-electron chi connectivity index (χ4n) is 3.42. The Morgan fingerprint density at radius 2 is 1.88 bits per heavy atom. The van der Waals surface area contributed by atoms with Crippen molar-refractivity contribution in [1.29, 1.82) is 0 Å². The highest BCUT2D eigenvalue weighted by atomic mass is 16.5. The number of carbonyl (C=O) groups excluding carboxylic acids is 2. The first kappa shape index (κ1) is 17.9. The molecule has 0 bridgehead atoms. The van der Waals surface area contributed by atoms with Gasteiger partial charge in [-0.05, 0) is 18.4 Å². The molecule has 3 rings (SSSR count). The second-order valence-corrected chi connectivity index (χ2v) is 6.48. The third-order valence-corrected chi connectivity index (χ3v) is 4.79. The third-order valence-electron chi connectivity index (χ3n) is 4.79. The lowest BCUT2D eigenvalue weighted by molar-refractivity contribution is -0.136. The van der Waals surface area contributed by atoms with E-state index < -0.39 is 0 Å². The minimum Gasteiger partial charge on any atom is -0.378 e. The van der Waals surface area contributed by atoms with Crippen molar-refractivity contribution >= 4 is 11.8 Å². The number of amides is 2. The van der Waals surface area contributed by atoms with E-state index >= 15 is 0 Å². The lowest BCUT2D eigenvalue weighted by Crippen LogP contribution is -2.43. The molecule has 2 amide bonds. The summed E-state index contributed by atoms with van der Waals surface area (Å²) in [7, 11) is 0. The normalized spacial score (nSPS) is 23.9. The lowest BCUT2D eigenvalue weighted by Gasteiger charge is -2.31. The fraction of sp³-hybridized carbons (Fsp3) is 0.579. The van der Waals surface area contributed by atoms with Gasteiger partial charge in [-0.2, -0.15) is 0 Å². The van der Waals surface area contributed by atoms with Crippen LogP contribution >= 0.6 is 0 Å². The first-order valence-corrected chi connectivity index (χ1v) is 9.05. The number of carbonyl (C=O) groups is 2. The van der Waals surface area contributed by atoms with E-state index in [2.05, 4.69) is 5.32 Å². The zero-order valence-corrected chi connectivity index (χ0v) is 14.5. The Hall–Kier alpha value is -1.92. The molecule has 25 heavy (non-hydrogen) atoms. The summed E-state index contributed by atoms with van der Waals surface area (Å²) in [6.07, 6.45) is 1.82. The molecular weight excluding hydrogens is 320 g/mol. The Kier molecular flexibility index (Phi) is 6.42. The van der Waals surface area contributed by atoms with Gasteiger partial charge in [0.2, 0.25) is 11.8 Å². The van der Waals surface area contributed by atoms with E-state index in [1.165, 1.54) is 0 Å². The molecule has 6 heteroatoms. The standard InChI is InChI=1S/C19H26N2O4/c22-17(21-10-13-24-14-11-21)8-9-20-19(23)16-7-4-12-25-18(16)15-5-2-1-3-6-15/h1-3,5-6,16,18H,4,7-14H2,(H,20,23). The SMILES string of the molecule is O=C(NCCC(=O)N1CCOCC1)C1CCCOC1c1ccccc1. The quantitative estimate of drug-likeness (QED) is 0.878. The van der Waals surface area contributed by atoms with Crippen LogP contribution in [0.25, 0.3) is 0 Å². The number of hydrogen-bond donors (Lipinski definition) is 1. The van der Waals surface area contributed by atoms with Gasteiger partial charge >= 0.3 is 0 Å². The topological polar surface area (TPSA) is 67.9 Å². The van der Waals surface area contributed by atoms with Crippen molar-refractivity contribution in [2.45, 2.75) is 25.4 Å². The van der Waals surface area contributed by atoms with Gasteiger partial charge < -0.3 is 19.7 Å². The van der Waals surface area contributed by atoms with Gasteiger partial charge in [0.1, 0.15) is 0 Å². The molecule has 6 nitrogen and oxygen atoms in total. The number of ether oxygens (including phenoxy) is 2. The molecule has 2 saturated heterocycles. The molecule has 136 valence electrons. The van der Waals surface area contributed by atoms with Gasteiger partial charge in [0.25, 0.3) is 0 Å². The van der Waals surface area contributed by atoms with Crippen LogP contribution in [0.15, 0.2) is 30.3 Å². The van der Waals surface area contributed by atoms with Crippen LogP contribution in [0.3, 0.4) is 0 Å². The Labute approximate surface area is 148 Å². The molecule has 1 aromatic carbocycles. The zero-order valence-electron chi connectivity index (χ0n) is 14.5. The van der Waals surface area contributed by atoms with Gasteiger partial charge in [0.15, 0.2) is 0 Å². The van der Waals surface area contributed by atoms with Crippen LogP contribution in [-0.2, 0) is 19.1 Å². The molecule has 0 radical (unpaired) electrons. The van der Waals surface area contributed by atoms with Crippen LogP contribution < -0.4 is 5.32 Å². The molecule has 0 aliphatic carbocycles. The van der Waals surface area contributed by atoms with Crippen LogP contribution in [0.5, 0.6) is 0 Å². The average Bonchev–Trinajstić information content (AvgIpc) is 2.69. The zero-order chi connectivity index (χ0) is 17.5. The summed E-state index contributed by atoms with van der Waals surface area (Å²) in [5, 5.41) is 2.92. The number of benzene rings is 1. The van der Waals surface area contributed by atoms with Crippen molar-refractivity contribution in [2.75, 3.05) is 39.5 Å². The summed E-state index contributed by atoms with van der Waals surface area (Å²) in [6, 6.07) is 9.88. The number of hydrogen-bond acceptors (Lipinski definition) is 4. The fourth-order valence-corrected chi connectivity index (χ4v) is 3.42. The smallest absolute Gasteiger partial charge is 0.226 e. The van der Waals surface area contributed by atoms with E-state index in [4.69, 9.17) is 9.47 Å². The van der Waals surface area contributed by atoms with Crippen molar-refractivity contribution in [1.82, 2.24) is 10.2 Å². The lowest BCUT2D eigenvalue weighted by atomic mass is 9.89. The van der Waals surface area contributed by atoms with Crippen molar-refractivity contribution in [3.8, 4) is 0 Å². The predicted octanol–water partition coefficient (Wildman–Crippen LogP) is 1.52. The number of nitrogens with one attached hydrogen (secondary N) is 1. The van der Waals surface area contributed by atoms with Crippen LogP contribution in [0, 0.1) is 5.92 Å². The van der Waals surface area contributed by atoms with Crippen molar-refractivity contribution in [2.24, 2.45) is 5.92 Å². The van der Waals surface area contributed by atoms with E-state index in [-0.39, 0.29) is 23.8 Å². The Morgan fingerprint density at radius 1 is 1.12 bits per heavy atom. The molecule has 0 spiro atoms. The Balaban J connectivity index is 1.50. The number of nitrogens with zero attached hydrogens (tertiary/aromatic N) is 1. The molecule has 2 aliphatic heterocycles. The van der Waals surface area contributed by atoms with Crippen LogP contribution in [0.2, 0.25) is 0 Å². The third kappa shape index (κ3) is 4.80. The van der Waals surface area contributed by atoms with Crippen molar-refractivity contribution < 1.29 is 19.1 Å². The van der Waals surface area contributed by atoms with Gasteiger partial charge in [-0.15, -0.1) is 0 Å². The summed E-state index contributed by atoms with van der Waals surface area (Å²) < 4.78 is 11.1. The summed E-state index contributed by atoms with van der Waals surface area (Å²) in [4.78, 5) is 26.5. The summed E-state index contributed by atoms with van der Waals surface area (Å²) >= 11 is 0. The first-order chi connectivity index (χ1) is 12.3. The Morgan fingerprint density at radius 3 is 2.64 bits per heavy atom. The molecule has 2 aliphatic rings. The molecule has 0 saturated carbocycles. The van der Waals surface area contributed by atoms with E-state index in [0.29, 0.717) is 45.9 Å². The highest BCUT2D eigenvalue weighted by molar-refractivity contribution is 5.81. The molecule has 2 fully saturated rings.